The molecule has 0 radical (unpaired) electrons. The van der Waals surface area contributed by atoms with Crippen molar-refractivity contribution in [1.29, 1.82) is 0 Å². The molecule has 1 amide bonds. The number of pyridine rings is 3. The van der Waals surface area contributed by atoms with Gasteiger partial charge in [0.15, 0.2) is 16.6 Å². The van der Waals surface area contributed by atoms with Crippen LogP contribution in [-0.2, 0) is 11.2 Å². The Hall–Kier alpha value is -5.29. The molecule has 11 heteroatoms. The molecule has 0 aliphatic rings. The number of aromatic amines is 2. The van der Waals surface area contributed by atoms with Gasteiger partial charge in [-0.05, 0) is 42.0 Å². The van der Waals surface area contributed by atoms with E-state index in [1.54, 1.807) is 24.7 Å². The van der Waals surface area contributed by atoms with Gasteiger partial charge in [0.25, 0.3) is 0 Å². The number of halogens is 1. The number of nitrogens with zero attached hydrogens (tertiary/aromatic N) is 5. The van der Waals surface area contributed by atoms with Gasteiger partial charge in [0.05, 0.1) is 39.9 Å². The predicted molar refractivity (Wildman–Crippen MR) is 152 cm³/mol. The van der Waals surface area contributed by atoms with Crippen molar-refractivity contribution in [1.82, 2.24) is 35.1 Å². The van der Waals surface area contributed by atoms with E-state index in [4.69, 9.17) is 9.97 Å². The minimum atomic E-state index is -0.283. The summed E-state index contributed by atoms with van der Waals surface area (Å²) >= 11 is 1.02. The third-order valence-corrected chi connectivity index (χ3v) is 7.25. The number of fused-ring (bicyclic) bond motifs is 2. The maximum Gasteiger partial charge on any atom is 0.228 e. The lowest BCUT2D eigenvalue weighted by Gasteiger charge is -2.07. The van der Waals surface area contributed by atoms with Gasteiger partial charge in [-0.1, -0.05) is 30.3 Å². The van der Waals surface area contributed by atoms with Gasteiger partial charge in [-0.15, -0.1) is 11.3 Å². The lowest BCUT2D eigenvalue weighted by atomic mass is 10.1. The van der Waals surface area contributed by atoms with Gasteiger partial charge in [0.2, 0.25) is 5.91 Å². The van der Waals surface area contributed by atoms with Crippen molar-refractivity contribution in [2.24, 2.45) is 0 Å². The van der Waals surface area contributed by atoms with Crippen LogP contribution in [0.15, 0.2) is 85.3 Å². The van der Waals surface area contributed by atoms with E-state index >= 15 is 0 Å². The summed E-state index contributed by atoms with van der Waals surface area (Å²) in [6.07, 6.45) is 5.23. The van der Waals surface area contributed by atoms with Crippen LogP contribution in [0.4, 0.5) is 10.1 Å². The van der Waals surface area contributed by atoms with Gasteiger partial charge >= 0.3 is 0 Å². The van der Waals surface area contributed by atoms with Crippen LogP contribution in [0.1, 0.15) is 5.56 Å². The van der Waals surface area contributed by atoms with Crippen molar-refractivity contribution in [3.05, 3.63) is 96.0 Å². The van der Waals surface area contributed by atoms with E-state index in [2.05, 4.69) is 30.5 Å². The fraction of sp³-hybridized carbons (Fsp3) is 0.0345. The zero-order valence-electron chi connectivity index (χ0n) is 20.7. The number of carbonyl (C=O) groups excluding carboxylic acids is 1. The van der Waals surface area contributed by atoms with Crippen LogP contribution < -0.4 is 5.32 Å². The van der Waals surface area contributed by atoms with E-state index < -0.39 is 0 Å². The van der Waals surface area contributed by atoms with E-state index in [0.29, 0.717) is 44.5 Å². The monoisotopic (exact) mass is 546 g/mol. The standard InChI is InChI=1S/C29H19FN8OS/c30-23-9-8-22(40-23)27-25-20(10-11-32-27)35-29(36-25)28-26-21(37-38-28)7-6-19(34-26)17-13-18(15-31-14-17)33-24(39)12-16-4-2-1-3-5-16/h1-11,13-15H,12H2,(H,33,39)(H,35,36)(H,37,38). The van der Waals surface area contributed by atoms with Crippen LogP contribution in [0.25, 0.3) is 55.4 Å². The summed E-state index contributed by atoms with van der Waals surface area (Å²) in [5, 5.41) is 10.1. The number of aromatic nitrogens is 7. The number of thiophene rings is 1. The van der Waals surface area contributed by atoms with Crippen molar-refractivity contribution in [3.8, 4) is 33.3 Å². The number of imidazole rings is 1. The molecule has 0 saturated heterocycles. The molecule has 0 aliphatic heterocycles. The van der Waals surface area contributed by atoms with Crippen LogP contribution in [0.3, 0.4) is 0 Å². The number of anilines is 1. The zero-order chi connectivity index (χ0) is 27.1. The Balaban J connectivity index is 1.21. The smallest absolute Gasteiger partial charge is 0.228 e. The highest BCUT2D eigenvalue weighted by Crippen LogP contribution is 2.33. The summed E-state index contributed by atoms with van der Waals surface area (Å²) in [4.78, 5) is 34.9. The normalized spacial score (nSPS) is 11.3. The lowest BCUT2D eigenvalue weighted by molar-refractivity contribution is -0.115. The molecule has 1 aromatic carbocycles. The van der Waals surface area contributed by atoms with E-state index in [1.165, 1.54) is 6.07 Å². The first-order valence-electron chi connectivity index (χ1n) is 12.4. The summed E-state index contributed by atoms with van der Waals surface area (Å²) in [5.41, 5.74) is 6.77. The van der Waals surface area contributed by atoms with Gasteiger partial charge in [0.1, 0.15) is 16.7 Å². The van der Waals surface area contributed by atoms with Gasteiger partial charge < -0.3 is 10.3 Å². The van der Waals surface area contributed by atoms with E-state index in [1.807, 2.05) is 54.6 Å². The molecule has 0 fully saturated rings. The molecule has 0 unspecified atom stereocenters. The number of H-pyrrole nitrogens is 2. The van der Waals surface area contributed by atoms with E-state index in [-0.39, 0.29) is 17.5 Å². The molecule has 40 heavy (non-hydrogen) atoms. The summed E-state index contributed by atoms with van der Waals surface area (Å²) in [6.45, 7) is 0. The number of hydrogen-bond acceptors (Lipinski definition) is 7. The highest BCUT2D eigenvalue weighted by Gasteiger charge is 2.18. The summed E-state index contributed by atoms with van der Waals surface area (Å²) in [6, 6.07) is 20.1. The molecule has 7 rings (SSSR count). The molecule has 0 saturated carbocycles. The molecular formula is C29H19FN8OS. The fourth-order valence-corrected chi connectivity index (χ4v) is 5.26. The topological polar surface area (TPSA) is 125 Å². The average molecular weight is 547 g/mol. The zero-order valence-corrected chi connectivity index (χ0v) is 21.5. The summed E-state index contributed by atoms with van der Waals surface area (Å²) in [5.74, 6) is 0.381. The van der Waals surface area contributed by atoms with Crippen LogP contribution in [0.5, 0.6) is 0 Å². The largest absolute Gasteiger partial charge is 0.336 e. The number of nitrogens with one attached hydrogen (secondary N) is 3. The minimum absolute atomic E-state index is 0.130. The van der Waals surface area contributed by atoms with Crippen molar-refractivity contribution in [2.75, 3.05) is 5.32 Å². The Morgan fingerprint density at radius 1 is 0.925 bits per heavy atom. The van der Waals surface area contributed by atoms with Crippen molar-refractivity contribution in [2.45, 2.75) is 6.42 Å². The molecular weight excluding hydrogens is 527 g/mol. The van der Waals surface area contributed by atoms with Gasteiger partial charge in [-0.2, -0.15) is 9.49 Å². The van der Waals surface area contributed by atoms with E-state index in [9.17, 15) is 9.18 Å². The molecule has 7 aromatic rings. The SMILES string of the molecule is O=C(Cc1ccccc1)Nc1cncc(-c2ccc3[nH]nc(-c4nc5c(-c6ccc(F)s6)nccc5[nH]4)c3n2)c1. The molecule has 6 heterocycles. The fourth-order valence-electron chi connectivity index (χ4n) is 4.53. The van der Waals surface area contributed by atoms with Crippen LogP contribution >= 0.6 is 11.3 Å². The molecule has 3 N–H and O–H groups in total. The lowest BCUT2D eigenvalue weighted by Crippen LogP contribution is -2.14. The predicted octanol–water partition coefficient (Wildman–Crippen LogP) is 6.01. The maximum absolute atomic E-state index is 13.7. The van der Waals surface area contributed by atoms with Crippen molar-refractivity contribution < 1.29 is 9.18 Å². The third kappa shape index (κ3) is 4.48. The summed E-state index contributed by atoms with van der Waals surface area (Å²) < 4.78 is 13.7. The van der Waals surface area contributed by atoms with Crippen LogP contribution in [-0.4, -0.2) is 41.0 Å². The number of rotatable bonds is 6. The first kappa shape index (κ1) is 23.8. The number of hydrogen-bond donors (Lipinski definition) is 3. The van der Waals surface area contributed by atoms with Gasteiger partial charge in [-0.25, -0.2) is 9.97 Å². The average Bonchev–Trinajstić information content (AvgIpc) is 3.71. The van der Waals surface area contributed by atoms with E-state index in [0.717, 1.165) is 33.5 Å². The number of carbonyl (C=O) groups is 1. The Morgan fingerprint density at radius 2 is 1.80 bits per heavy atom. The molecule has 0 aliphatic carbocycles. The first-order chi connectivity index (χ1) is 19.6. The highest BCUT2D eigenvalue weighted by molar-refractivity contribution is 7.13. The maximum atomic E-state index is 13.7. The second kappa shape index (κ2) is 9.79. The molecule has 194 valence electrons. The molecule has 6 aromatic heterocycles. The Morgan fingerprint density at radius 3 is 2.65 bits per heavy atom. The Bertz CT molecular complexity index is 2010. The van der Waals surface area contributed by atoms with Gasteiger partial charge in [0, 0.05) is 18.0 Å². The number of amides is 1. The third-order valence-electron chi connectivity index (χ3n) is 6.36. The molecule has 9 nitrogen and oxygen atoms in total. The molecule has 0 bridgehead atoms. The Labute approximate surface area is 230 Å². The van der Waals surface area contributed by atoms with Crippen molar-refractivity contribution >= 4 is 45.0 Å². The van der Waals surface area contributed by atoms with Crippen LogP contribution in [0.2, 0.25) is 0 Å². The van der Waals surface area contributed by atoms with Crippen LogP contribution in [0, 0.1) is 5.13 Å². The second-order valence-electron chi connectivity index (χ2n) is 9.08. The number of benzene rings is 1. The molecule has 0 spiro atoms. The summed E-state index contributed by atoms with van der Waals surface area (Å²) in [7, 11) is 0. The van der Waals surface area contributed by atoms with Crippen molar-refractivity contribution in [3.63, 3.8) is 0 Å². The first-order valence-corrected chi connectivity index (χ1v) is 13.2. The highest BCUT2D eigenvalue weighted by atomic mass is 32.1. The Kier molecular flexibility index (Phi) is 5.82. The minimum Gasteiger partial charge on any atom is -0.336 e. The quantitative estimate of drug-likeness (QED) is 0.235. The second-order valence-corrected chi connectivity index (χ2v) is 10.1. The van der Waals surface area contributed by atoms with Gasteiger partial charge in [-0.3, -0.25) is 19.9 Å². The molecule has 0 atom stereocenters.